The van der Waals surface area contributed by atoms with Gasteiger partial charge in [0, 0.05) is 12.6 Å². The third kappa shape index (κ3) is 11.3. The standard InChI is InChI=1S/C6H13NO2.C4H9N/c1-2-3-5(7)6(9)4-8;1-3-4-5-2/h4-6,9H,2-3,7H2,1H3;3,5H,1,4H2,2H3. The fourth-order valence-corrected chi connectivity index (χ4v) is 0.749. The number of aliphatic hydroxyl groups is 1. The molecule has 0 fully saturated rings. The fraction of sp³-hybridized carbons (Fsp3) is 0.700. The minimum atomic E-state index is -0.982. The van der Waals surface area contributed by atoms with Crippen molar-refractivity contribution in [2.75, 3.05) is 13.6 Å². The highest BCUT2D eigenvalue weighted by atomic mass is 16.3. The zero-order chi connectivity index (χ0) is 11.4. The van der Waals surface area contributed by atoms with Gasteiger partial charge in [-0.1, -0.05) is 19.4 Å². The van der Waals surface area contributed by atoms with Gasteiger partial charge < -0.3 is 21.0 Å². The number of likely N-dealkylation sites (N-methyl/N-ethyl adjacent to an activating group) is 1. The first-order chi connectivity index (χ1) is 6.63. The number of aliphatic hydroxyl groups excluding tert-OH is 1. The van der Waals surface area contributed by atoms with Crippen molar-refractivity contribution in [3.8, 4) is 0 Å². The summed E-state index contributed by atoms with van der Waals surface area (Å²) in [6.45, 7) is 6.35. The first-order valence-corrected chi connectivity index (χ1v) is 4.78. The van der Waals surface area contributed by atoms with E-state index in [1.165, 1.54) is 0 Å². The molecule has 0 heterocycles. The summed E-state index contributed by atoms with van der Waals surface area (Å²) in [7, 11) is 1.89. The molecule has 0 rings (SSSR count). The van der Waals surface area contributed by atoms with Crippen LogP contribution in [0.2, 0.25) is 0 Å². The fourth-order valence-electron chi connectivity index (χ4n) is 0.749. The van der Waals surface area contributed by atoms with Crippen molar-refractivity contribution in [1.29, 1.82) is 0 Å². The van der Waals surface area contributed by atoms with E-state index in [2.05, 4.69) is 11.9 Å². The molecular weight excluding hydrogens is 180 g/mol. The van der Waals surface area contributed by atoms with Crippen LogP contribution >= 0.6 is 0 Å². The average molecular weight is 202 g/mol. The molecule has 0 spiro atoms. The molecule has 0 radical (unpaired) electrons. The van der Waals surface area contributed by atoms with Crippen LogP contribution in [0, 0.1) is 0 Å². The second-order valence-electron chi connectivity index (χ2n) is 2.93. The van der Waals surface area contributed by atoms with Crippen LogP contribution in [0.4, 0.5) is 0 Å². The van der Waals surface area contributed by atoms with E-state index < -0.39 is 6.10 Å². The summed E-state index contributed by atoms with van der Waals surface area (Å²) in [5, 5.41) is 11.7. The number of rotatable bonds is 6. The Morgan fingerprint density at radius 3 is 2.43 bits per heavy atom. The predicted octanol–water partition coefficient (Wildman–Crippen LogP) is 0.0654. The summed E-state index contributed by atoms with van der Waals surface area (Å²) in [4.78, 5) is 9.89. The lowest BCUT2D eigenvalue weighted by Crippen LogP contribution is -2.35. The Hall–Kier alpha value is -0.710. The van der Waals surface area contributed by atoms with Crippen molar-refractivity contribution in [3.63, 3.8) is 0 Å². The molecule has 0 aliphatic heterocycles. The van der Waals surface area contributed by atoms with Crippen molar-refractivity contribution in [3.05, 3.63) is 12.7 Å². The quantitative estimate of drug-likeness (QED) is 0.421. The summed E-state index contributed by atoms with van der Waals surface area (Å²) in [5.41, 5.74) is 5.36. The van der Waals surface area contributed by atoms with Gasteiger partial charge in [0.2, 0.25) is 0 Å². The van der Waals surface area contributed by atoms with E-state index in [4.69, 9.17) is 10.8 Å². The van der Waals surface area contributed by atoms with E-state index in [-0.39, 0.29) is 6.04 Å². The second-order valence-corrected chi connectivity index (χ2v) is 2.93. The lowest BCUT2D eigenvalue weighted by atomic mass is 10.1. The van der Waals surface area contributed by atoms with E-state index in [0.717, 1.165) is 13.0 Å². The van der Waals surface area contributed by atoms with Crippen molar-refractivity contribution in [2.45, 2.75) is 31.9 Å². The Labute approximate surface area is 86.2 Å². The SMILES string of the molecule is C=CCNC.CCCC(N)C(O)C=O. The van der Waals surface area contributed by atoms with Crippen LogP contribution in [-0.4, -0.2) is 37.1 Å². The van der Waals surface area contributed by atoms with E-state index in [9.17, 15) is 4.79 Å². The first kappa shape index (κ1) is 15.7. The second kappa shape index (κ2) is 12.3. The van der Waals surface area contributed by atoms with Gasteiger partial charge in [-0.2, -0.15) is 0 Å². The first-order valence-electron chi connectivity index (χ1n) is 4.78. The molecule has 2 unspecified atom stereocenters. The van der Waals surface area contributed by atoms with Crippen molar-refractivity contribution in [1.82, 2.24) is 5.32 Å². The number of nitrogens with one attached hydrogen (secondary N) is 1. The Balaban J connectivity index is 0. The topological polar surface area (TPSA) is 75.3 Å². The minimum absolute atomic E-state index is 0.382. The molecule has 0 amide bonds. The maximum Gasteiger partial charge on any atom is 0.150 e. The number of carbonyl (C=O) groups is 1. The minimum Gasteiger partial charge on any atom is -0.384 e. The molecule has 14 heavy (non-hydrogen) atoms. The van der Waals surface area contributed by atoms with Gasteiger partial charge in [0.25, 0.3) is 0 Å². The smallest absolute Gasteiger partial charge is 0.150 e. The van der Waals surface area contributed by atoms with Gasteiger partial charge in [0.15, 0.2) is 0 Å². The van der Waals surface area contributed by atoms with E-state index in [1.54, 1.807) is 0 Å². The monoisotopic (exact) mass is 202 g/mol. The molecule has 0 saturated carbocycles. The lowest BCUT2D eigenvalue weighted by Gasteiger charge is -2.10. The zero-order valence-corrected chi connectivity index (χ0v) is 9.07. The molecule has 84 valence electrons. The van der Waals surface area contributed by atoms with Crippen LogP contribution in [0.5, 0.6) is 0 Å². The average Bonchev–Trinajstić information content (AvgIpc) is 2.19. The number of nitrogens with two attached hydrogens (primary N) is 1. The summed E-state index contributed by atoms with van der Waals surface area (Å²) in [6.07, 6.45) is 2.90. The van der Waals surface area contributed by atoms with Gasteiger partial charge >= 0.3 is 0 Å². The molecule has 0 saturated heterocycles. The molecular formula is C10H22N2O2. The predicted molar refractivity (Wildman–Crippen MR) is 59.1 cm³/mol. The van der Waals surface area contributed by atoms with Gasteiger partial charge in [-0.3, -0.25) is 0 Å². The van der Waals surface area contributed by atoms with Gasteiger partial charge in [-0.25, -0.2) is 0 Å². The molecule has 0 aliphatic carbocycles. The van der Waals surface area contributed by atoms with Gasteiger partial charge in [0.1, 0.15) is 12.4 Å². The van der Waals surface area contributed by atoms with Crippen LogP contribution in [0.15, 0.2) is 12.7 Å². The Morgan fingerprint density at radius 2 is 2.21 bits per heavy atom. The molecule has 4 N–H and O–H groups in total. The Morgan fingerprint density at radius 1 is 1.64 bits per heavy atom. The maximum absolute atomic E-state index is 9.89. The van der Waals surface area contributed by atoms with Crippen LogP contribution in [0.1, 0.15) is 19.8 Å². The van der Waals surface area contributed by atoms with Crippen LogP contribution in [0.3, 0.4) is 0 Å². The zero-order valence-electron chi connectivity index (χ0n) is 9.07. The maximum atomic E-state index is 9.89. The highest BCUT2D eigenvalue weighted by Gasteiger charge is 2.10. The molecule has 0 aliphatic rings. The van der Waals surface area contributed by atoms with Crippen molar-refractivity contribution < 1.29 is 9.90 Å². The highest BCUT2D eigenvalue weighted by molar-refractivity contribution is 5.56. The summed E-state index contributed by atoms with van der Waals surface area (Å²) >= 11 is 0. The summed E-state index contributed by atoms with van der Waals surface area (Å²) < 4.78 is 0. The number of carbonyl (C=O) groups excluding carboxylic acids is 1. The van der Waals surface area contributed by atoms with Crippen molar-refractivity contribution in [2.24, 2.45) is 5.73 Å². The lowest BCUT2D eigenvalue weighted by molar-refractivity contribution is -0.115. The van der Waals surface area contributed by atoms with E-state index >= 15 is 0 Å². The number of hydrogen-bond acceptors (Lipinski definition) is 4. The molecule has 0 aromatic carbocycles. The molecule has 0 aromatic rings. The number of aldehydes is 1. The Bertz CT molecular complexity index is 140. The van der Waals surface area contributed by atoms with E-state index in [1.807, 2.05) is 20.0 Å². The number of hydrogen-bond donors (Lipinski definition) is 3. The van der Waals surface area contributed by atoms with Crippen LogP contribution in [0.25, 0.3) is 0 Å². The van der Waals surface area contributed by atoms with Gasteiger partial charge in [-0.05, 0) is 13.5 Å². The Kier molecular flexibility index (Phi) is 13.8. The molecule has 2 atom stereocenters. The third-order valence-electron chi connectivity index (χ3n) is 1.55. The van der Waals surface area contributed by atoms with Crippen LogP contribution < -0.4 is 11.1 Å². The molecule has 0 aromatic heterocycles. The van der Waals surface area contributed by atoms with Crippen molar-refractivity contribution >= 4 is 6.29 Å². The van der Waals surface area contributed by atoms with Crippen LogP contribution in [-0.2, 0) is 4.79 Å². The normalized spacial score (nSPS) is 13.4. The summed E-state index contributed by atoms with van der Waals surface area (Å²) in [5.74, 6) is 0. The van der Waals surface area contributed by atoms with Gasteiger partial charge in [-0.15, -0.1) is 6.58 Å². The largest absolute Gasteiger partial charge is 0.384 e. The highest BCUT2D eigenvalue weighted by Crippen LogP contribution is 1.96. The van der Waals surface area contributed by atoms with E-state index in [0.29, 0.717) is 12.7 Å². The summed E-state index contributed by atoms with van der Waals surface area (Å²) in [6, 6.07) is -0.382. The molecule has 4 heteroatoms. The molecule has 0 bridgehead atoms. The molecule has 4 nitrogen and oxygen atoms in total. The van der Waals surface area contributed by atoms with Gasteiger partial charge in [0.05, 0.1) is 0 Å². The third-order valence-corrected chi connectivity index (χ3v) is 1.55.